The van der Waals surface area contributed by atoms with Crippen LogP contribution in [0.3, 0.4) is 0 Å². The molecule has 0 aromatic rings. The van der Waals surface area contributed by atoms with Crippen LogP contribution in [0, 0.1) is 11.8 Å². The van der Waals surface area contributed by atoms with Crippen LogP contribution in [0.5, 0.6) is 0 Å². The summed E-state index contributed by atoms with van der Waals surface area (Å²) in [6.45, 7) is 6.80. The van der Waals surface area contributed by atoms with Crippen molar-refractivity contribution in [1.29, 1.82) is 0 Å². The van der Waals surface area contributed by atoms with Gasteiger partial charge >= 0.3 is 0 Å². The zero-order valence-electron chi connectivity index (χ0n) is 9.74. The molecule has 2 atom stereocenters. The number of hydrogen-bond donors (Lipinski definition) is 1. The molecule has 0 saturated heterocycles. The molecule has 82 valence electrons. The van der Waals surface area contributed by atoms with Crippen LogP contribution in [-0.2, 0) is 0 Å². The SMILES string of the molecule is CCCC(C)/C=C/CC(C)/C=C/CO. The van der Waals surface area contributed by atoms with E-state index in [1.54, 1.807) is 0 Å². The largest absolute Gasteiger partial charge is 0.392 e. The molecule has 0 rings (SSSR count). The van der Waals surface area contributed by atoms with Gasteiger partial charge in [-0.3, -0.25) is 0 Å². The molecule has 0 bridgehead atoms. The highest BCUT2D eigenvalue weighted by molar-refractivity contribution is 4.93. The fraction of sp³-hybridized carbons (Fsp3) is 0.692. The first-order valence-corrected chi connectivity index (χ1v) is 5.64. The Hall–Kier alpha value is -0.560. The van der Waals surface area contributed by atoms with Gasteiger partial charge in [-0.25, -0.2) is 0 Å². The van der Waals surface area contributed by atoms with Crippen LogP contribution in [0.25, 0.3) is 0 Å². The summed E-state index contributed by atoms with van der Waals surface area (Å²) in [4.78, 5) is 0. The smallest absolute Gasteiger partial charge is 0.0612 e. The van der Waals surface area contributed by atoms with Crippen molar-refractivity contribution < 1.29 is 5.11 Å². The van der Waals surface area contributed by atoms with Gasteiger partial charge in [-0.1, -0.05) is 51.5 Å². The van der Waals surface area contributed by atoms with Crippen molar-refractivity contribution >= 4 is 0 Å². The van der Waals surface area contributed by atoms with E-state index in [9.17, 15) is 0 Å². The highest BCUT2D eigenvalue weighted by Crippen LogP contribution is 2.10. The fourth-order valence-corrected chi connectivity index (χ4v) is 1.45. The normalized spacial score (nSPS) is 16.6. The van der Waals surface area contributed by atoms with Gasteiger partial charge in [0.25, 0.3) is 0 Å². The van der Waals surface area contributed by atoms with Gasteiger partial charge in [0.05, 0.1) is 6.61 Å². The third-order valence-corrected chi connectivity index (χ3v) is 2.29. The molecule has 14 heavy (non-hydrogen) atoms. The fourth-order valence-electron chi connectivity index (χ4n) is 1.45. The van der Waals surface area contributed by atoms with Crippen molar-refractivity contribution in [1.82, 2.24) is 0 Å². The summed E-state index contributed by atoms with van der Waals surface area (Å²) in [6.07, 6.45) is 12.0. The molecule has 0 fully saturated rings. The zero-order chi connectivity index (χ0) is 10.8. The van der Waals surface area contributed by atoms with Gasteiger partial charge in [0, 0.05) is 0 Å². The first-order chi connectivity index (χ1) is 6.70. The molecule has 0 aromatic carbocycles. The van der Waals surface area contributed by atoms with Gasteiger partial charge in [-0.15, -0.1) is 0 Å². The average molecular weight is 196 g/mol. The van der Waals surface area contributed by atoms with E-state index < -0.39 is 0 Å². The second-order valence-corrected chi connectivity index (χ2v) is 4.02. The summed E-state index contributed by atoms with van der Waals surface area (Å²) in [5.41, 5.74) is 0. The standard InChI is InChI=1S/C13H24O/c1-4-7-12(2)8-5-9-13(3)10-6-11-14/h5-6,8,10,12-14H,4,7,9,11H2,1-3H3/b8-5+,10-6+. The molecular formula is C13H24O. The highest BCUT2D eigenvalue weighted by atomic mass is 16.2. The van der Waals surface area contributed by atoms with E-state index in [0.29, 0.717) is 11.8 Å². The molecule has 0 radical (unpaired) electrons. The maximum Gasteiger partial charge on any atom is 0.0612 e. The van der Waals surface area contributed by atoms with Gasteiger partial charge < -0.3 is 5.11 Å². The molecule has 0 aliphatic carbocycles. The van der Waals surface area contributed by atoms with E-state index in [1.807, 2.05) is 6.08 Å². The average Bonchev–Trinajstić information content (AvgIpc) is 2.15. The van der Waals surface area contributed by atoms with Crippen LogP contribution < -0.4 is 0 Å². The van der Waals surface area contributed by atoms with E-state index in [1.165, 1.54) is 12.8 Å². The zero-order valence-corrected chi connectivity index (χ0v) is 9.74. The molecule has 0 spiro atoms. The van der Waals surface area contributed by atoms with Crippen LogP contribution in [0.4, 0.5) is 0 Å². The van der Waals surface area contributed by atoms with E-state index >= 15 is 0 Å². The molecule has 0 aliphatic heterocycles. The Balaban J connectivity index is 3.64. The molecule has 0 aliphatic rings. The lowest BCUT2D eigenvalue weighted by Gasteiger charge is -2.04. The number of hydrogen-bond acceptors (Lipinski definition) is 1. The van der Waals surface area contributed by atoms with Crippen LogP contribution in [-0.4, -0.2) is 11.7 Å². The van der Waals surface area contributed by atoms with Crippen molar-refractivity contribution in [2.45, 2.75) is 40.0 Å². The lowest BCUT2D eigenvalue weighted by molar-refractivity contribution is 0.342. The Labute approximate surface area is 88.5 Å². The minimum Gasteiger partial charge on any atom is -0.392 e. The lowest BCUT2D eigenvalue weighted by Crippen LogP contribution is -1.90. The Morgan fingerprint density at radius 3 is 2.29 bits per heavy atom. The third kappa shape index (κ3) is 8.06. The van der Waals surface area contributed by atoms with Crippen molar-refractivity contribution in [2.24, 2.45) is 11.8 Å². The Kier molecular flexibility index (Phi) is 8.65. The van der Waals surface area contributed by atoms with Gasteiger partial charge in [-0.2, -0.15) is 0 Å². The second kappa shape index (κ2) is 9.01. The second-order valence-electron chi connectivity index (χ2n) is 4.02. The van der Waals surface area contributed by atoms with Crippen molar-refractivity contribution in [3.8, 4) is 0 Å². The number of aliphatic hydroxyl groups excluding tert-OH is 1. The Morgan fingerprint density at radius 2 is 1.71 bits per heavy atom. The quantitative estimate of drug-likeness (QED) is 0.617. The molecule has 0 heterocycles. The molecule has 0 amide bonds. The molecule has 0 aromatic heterocycles. The van der Waals surface area contributed by atoms with Crippen molar-refractivity contribution in [3.05, 3.63) is 24.3 Å². The molecular weight excluding hydrogens is 172 g/mol. The van der Waals surface area contributed by atoms with Crippen LogP contribution in [0.2, 0.25) is 0 Å². The third-order valence-electron chi connectivity index (χ3n) is 2.29. The number of allylic oxidation sites excluding steroid dienone is 3. The Morgan fingerprint density at radius 1 is 1.07 bits per heavy atom. The summed E-state index contributed by atoms with van der Waals surface area (Å²) in [6, 6.07) is 0. The molecule has 1 N–H and O–H groups in total. The van der Waals surface area contributed by atoms with Crippen molar-refractivity contribution in [3.63, 3.8) is 0 Å². The summed E-state index contributed by atoms with van der Waals surface area (Å²) in [5.74, 6) is 1.24. The van der Waals surface area contributed by atoms with Gasteiger partial charge in [0.2, 0.25) is 0 Å². The van der Waals surface area contributed by atoms with Crippen LogP contribution >= 0.6 is 0 Å². The summed E-state index contributed by atoms with van der Waals surface area (Å²) in [5, 5.41) is 8.59. The van der Waals surface area contributed by atoms with Gasteiger partial charge in [-0.05, 0) is 24.7 Å². The molecule has 0 saturated carbocycles. The summed E-state index contributed by atoms with van der Waals surface area (Å²) >= 11 is 0. The molecule has 1 nitrogen and oxygen atoms in total. The summed E-state index contributed by atoms with van der Waals surface area (Å²) < 4.78 is 0. The van der Waals surface area contributed by atoms with E-state index in [2.05, 4.69) is 39.0 Å². The van der Waals surface area contributed by atoms with E-state index in [0.717, 1.165) is 6.42 Å². The van der Waals surface area contributed by atoms with E-state index in [-0.39, 0.29) is 6.61 Å². The molecule has 1 heteroatoms. The van der Waals surface area contributed by atoms with Crippen LogP contribution in [0.1, 0.15) is 40.0 Å². The Bertz CT molecular complexity index is 170. The monoisotopic (exact) mass is 196 g/mol. The maximum atomic E-state index is 8.59. The predicted molar refractivity (Wildman–Crippen MR) is 63.2 cm³/mol. The predicted octanol–water partition coefficient (Wildman–Crippen LogP) is 3.55. The minimum absolute atomic E-state index is 0.153. The molecule has 2 unspecified atom stereocenters. The number of rotatable bonds is 7. The van der Waals surface area contributed by atoms with Crippen LogP contribution in [0.15, 0.2) is 24.3 Å². The van der Waals surface area contributed by atoms with Crippen molar-refractivity contribution in [2.75, 3.05) is 6.61 Å². The van der Waals surface area contributed by atoms with E-state index in [4.69, 9.17) is 5.11 Å². The minimum atomic E-state index is 0.153. The van der Waals surface area contributed by atoms with Gasteiger partial charge in [0.15, 0.2) is 0 Å². The topological polar surface area (TPSA) is 20.2 Å². The maximum absolute atomic E-state index is 8.59. The number of aliphatic hydroxyl groups is 1. The summed E-state index contributed by atoms with van der Waals surface area (Å²) in [7, 11) is 0. The van der Waals surface area contributed by atoms with Gasteiger partial charge in [0.1, 0.15) is 0 Å². The lowest BCUT2D eigenvalue weighted by atomic mass is 10.0. The first-order valence-electron chi connectivity index (χ1n) is 5.64. The highest BCUT2D eigenvalue weighted by Gasteiger charge is 1.95. The first kappa shape index (κ1) is 13.4.